The molecule has 0 saturated carbocycles. The van der Waals surface area contributed by atoms with Crippen LogP contribution in [-0.4, -0.2) is 23.7 Å². The van der Waals surface area contributed by atoms with Crippen molar-refractivity contribution in [3.05, 3.63) is 59.1 Å². The van der Waals surface area contributed by atoms with Gasteiger partial charge >= 0.3 is 11.9 Å². The van der Waals surface area contributed by atoms with Crippen LogP contribution in [0.5, 0.6) is 11.5 Å². The van der Waals surface area contributed by atoms with Crippen molar-refractivity contribution in [1.82, 2.24) is 0 Å². The number of esters is 1. The topological polar surface area (TPSA) is 72.8 Å². The maximum atomic E-state index is 12.0. The Hall–Kier alpha value is -2.53. The van der Waals surface area contributed by atoms with Crippen LogP contribution >= 0.6 is 11.6 Å². The second-order valence-corrected chi connectivity index (χ2v) is 5.05. The molecular formula is C17H15ClO5. The van der Waals surface area contributed by atoms with E-state index >= 15 is 0 Å². The average Bonchev–Trinajstić information content (AvgIpc) is 2.51. The molecule has 0 bridgehead atoms. The van der Waals surface area contributed by atoms with E-state index in [9.17, 15) is 14.7 Å². The Bertz CT molecular complexity index is 696. The molecule has 1 unspecified atom stereocenters. The molecule has 1 N–H and O–H groups in total. The molecule has 2 aromatic rings. The van der Waals surface area contributed by atoms with Crippen molar-refractivity contribution in [1.29, 1.82) is 0 Å². The van der Waals surface area contributed by atoms with Crippen molar-refractivity contribution < 1.29 is 24.2 Å². The van der Waals surface area contributed by atoms with Gasteiger partial charge in [0.1, 0.15) is 11.5 Å². The van der Waals surface area contributed by atoms with E-state index in [1.807, 2.05) is 0 Å². The third-order valence-corrected chi connectivity index (χ3v) is 3.29. The van der Waals surface area contributed by atoms with Gasteiger partial charge in [0.25, 0.3) is 0 Å². The van der Waals surface area contributed by atoms with Crippen molar-refractivity contribution in [2.24, 2.45) is 0 Å². The first-order valence-corrected chi connectivity index (χ1v) is 7.32. The van der Waals surface area contributed by atoms with E-state index in [2.05, 4.69) is 0 Å². The highest BCUT2D eigenvalue weighted by Gasteiger charge is 2.32. The van der Waals surface area contributed by atoms with Crippen LogP contribution in [0.2, 0.25) is 5.02 Å². The number of carbonyl (C=O) groups is 2. The minimum Gasteiger partial charge on any atom is -0.480 e. The zero-order valence-corrected chi connectivity index (χ0v) is 13.1. The van der Waals surface area contributed by atoms with E-state index < -0.39 is 17.9 Å². The Morgan fingerprint density at radius 1 is 1.13 bits per heavy atom. The fourth-order valence-corrected chi connectivity index (χ4v) is 2.15. The van der Waals surface area contributed by atoms with E-state index in [0.29, 0.717) is 10.8 Å². The van der Waals surface area contributed by atoms with Crippen molar-refractivity contribution in [3.8, 4) is 11.5 Å². The summed E-state index contributed by atoms with van der Waals surface area (Å²) >= 11 is 5.82. The zero-order valence-electron chi connectivity index (χ0n) is 12.4. The van der Waals surface area contributed by atoms with Crippen LogP contribution in [0.4, 0.5) is 0 Å². The summed E-state index contributed by atoms with van der Waals surface area (Å²) in [6.07, 6.45) is 0. The number of aliphatic carboxylic acids is 1. The van der Waals surface area contributed by atoms with Gasteiger partial charge in [-0.2, -0.15) is 0 Å². The SMILES string of the molecule is CCOC(=O)C(C(=O)O)c1ccccc1Oc1ccc(Cl)cc1. The number of ether oxygens (including phenoxy) is 2. The molecule has 6 heteroatoms. The largest absolute Gasteiger partial charge is 0.480 e. The molecule has 5 nitrogen and oxygen atoms in total. The molecule has 0 amide bonds. The van der Waals surface area contributed by atoms with Gasteiger partial charge < -0.3 is 14.6 Å². The molecular weight excluding hydrogens is 320 g/mol. The molecule has 0 fully saturated rings. The molecule has 0 saturated heterocycles. The highest BCUT2D eigenvalue weighted by atomic mass is 35.5. The van der Waals surface area contributed by atoms with Crippen molar-refractivity contribution in [3.63, 3.8) is 0 Å². The number of hydrogen-bond acceptors (Lipinski definition) is 4. The van der Waals surface area contributed by atoms with Gasteiger partial charge in [-0.25, -0.2) is 0 Å². The maximum Gasteiger partial charge on any atom is 0.325 e. The van der Waals surface area contributed by atoms with E-state index in [1.54, 1.807) is 49.4 Å². The predicted molar refractivity (Wildman–Crippen MR) is 85.0 cm³/mol. The van der Waals surface area contributed by atoms with Gasteiger partial charge in [-0.1, -0.05) is 29.8 Å². The van der Waals surface area contributed by atoms with Crippen LogP contribution in [0.1, 0.15) is 18.4 Å². The number of benzene rings is 2. The van der Waals surface area contributed by atoms with Crippen LogP contribution in [0.15, 0.2) is 48.5 Å². The smallest absolute Gasteiger partial charge is 0.325 e. The number of carbonyl (C=O) groups excluding carboxylic acids is 1. The van der Waals surface area contributed by atoms with E-state index in [1.165, 1.54) is 6.07 Å². The predicted octanol–water partition coefficient (Wildman–Crippen LogP) is 3.86. The molecule has 23 heavy (non-hydrogen) atoms. The first-order chi connectivity index (χ1) is 11.0. The second kappa shape index (κ2) is 7.65. The summed E-state index contributed by atoms with van der Waals surface area (Å²) < 4.78 is 10.5. The molecule has 0 aliphatic carbocycles. The van der Waals surface area contributed by atoms with Crippen LogP contribution in [-0.2, 0) is 14.3 Å². The first kappa shape index (κ1) is 16.8. The summed E-state index contributed by atoms with van der Waals surface area (Å²) in [6, 6.07) is 13.1. The molecule has 0 radical (unpaired) electrons. The lowest BCUT2D eigenvalue weighted by Gasteiger charge is -2.16. The van der Waals surface area contributed by atoms with Gasteiger partial charge in [0.15, 0.2) is 5.92 Å². The van der Waals surface area contributed by atoms with Crippen LogP contribution < -0.4 is 4.74 Å². The number of carboxylic acids is 1. The molecule has 0 heterocycles. The molecule has 0 aromatic heterocycles. The Morgan fingerprint density at radius 2 is 1.78 bits per heavy atom. The minimum atomic E-state index is -1.45. The molecule has 120 valence electrons. The van der Waals surface area contributed by atoms with Crippen molar-refractivity contribution >= 4 is 23.5 Å². The normalized spacial score (nSPS) is 11.6. The summed E-state index contributed by atoms with van der Waals surface area (Å²) in [5.74, 6) is -2.81. The summed E-state index contributed by atoms with van der Waals surface area (Å²) in [6.45, 7) is 1.72. The Balaban J connectivity index is 2.36. The molecule has 0 aliphatic heterocycles. The molecule has 0 aliphatic rings. The highest BCUT2D eigenvalue weighted by molar-refractivity contribution is 6.30. The van der Waals surface area contributed by atoms with Gasteiger partial charge in [-0.15, -0.1) is 0 Å². The van der Waals surface area contributed by atoms with Crippen molar-refractivity contribution in [2.45, 2.75) is 12.8 Å². The van der Waals surface area contributed by atoms with E-state index in [0.717, 1.165) is 0 Å². The maximum absolute atomic E-state index is 12.0. The monoisotopic (exact) mass is 334 g/mol. The lowest BCUT2D eigenvalue weighted by molar-refractivity contribution is -0.153. The fourth-order valence-electron chi connectivity index (χ4n) is 2.03. The summed E-state index contributed by atoms with van der Waals surface area (Å²) in [7, 11) is 0. The standard InChI is InChI=1S/C17H15ClO5/c1-2-22-17(21)15(16(19)20)13-5-3-4-6-14(13)23-12-9-7-11(18)8-10-12/h3-10,15H,2H2,1H3,(H,19,20). The van der Waals surface area contributed by atoms with Gasteiger partial charge in [0, 0.05) is 10.6 Å². The van der Waals surface area contributed by atoms with Gasteiger partial charge in [0.2, 0.25) is 0 Å². The number of halogens is 1. The highest BCUT2D eigenvalue weighted by Crippen LogP contribution is 2.32. The molecule has 2 aromatic carbocycles. The fraction of sp³-hybridized carbons (Fsp3) is 0.176. The zero-order chi connectivity index (χ0) is 16.8. The Morgan fingerprint density at radius 3 is 2.39 bits per heavy atom. The molecule has 2 rings (SSSR count). The second-order valence-electron chi connectivity index (χ2n) is 4.62. The number of rotatable bonds is 6. The van der Waals surface area contributed by atoms with Gasteiger partial charge in [0.05, 0.1) is 6.61 Å². The average molecular weight is 335 g/mol. The number of hydrogen-bond donors (Lipinski definition) is 1. The Labute approximate surface area is 138 Å². The summed E-state index contributed by atoms with van der Waals surface area (Å²) in [5, 5.41) is 9.93. The first-order valence-electron chi connectivity index (χ1n) is 6.94. The number of carboxylic acid groups (broad SMARTS) is 1. The van der Waals surface area contributed by atoms with Crippen molar-refractivity contribution in [2.75, 3.05) is 6.61 Å². The summed E-state index contributed by atoms with van der Waals surface area (Å²) in [4.78, 5) is 23.5. The van der Waals surface area contributed by atoms with Gasteiger partial charge in [-0.05, 0) is 37.3 Å². The van der Waals surface area contributed by atoms with Crippen LogP contribution in [0.25, 0.3) is 0 Å². The van der Waals surface area contributed by atoms with E-state index in [-0.39, 0.29) is 17.9 Å². The third kappa shape index (κ3) is 4.23. The lowest BCUT2D eigenvalue weighted by Crippen LogP contribution is -2.24. The van der Waals surface area contributed by atoms with Crippen LogP contribution in [0, 0.1) is 0 Å². The minimum absolute atomic E-state index is 0.100. The van der Waals surface area contributed by atoms with Gasteiger partial charge in [-0.3, -0.25) is 9.59 Å². The number of para-hydroxylation sites is 1. The Kier molecular flexibility index (Phi) is 5.60. The molecule has 1 atom stereocenters. The lowest BCUT2D eigenvalue weighted by atomic mass is 9.98. The van der Waals surface area contributed by atoms with Crippen LogP contribution in [0.3, 0.4) is 0 Å². The third-order valence-electron chi connectivity index (χ3n) is 3.04. The summed E-state index contributed by atoms with van der Waals surface area (Å²) in [5.41, 5.74) is 0.230. The quantitative estimate of drug-likeness (QED) is 0.641. The van der Waals surface area contributed by atoms with E-state index in [4.69, 9.17) is 21.1 Å². The molecule has 0 spiro atoms.